The van der Waals surface area contributed by atoms with Gasteiger partial charge in [0.15, 0.2) is 5.25 Å². The van der Waals surface area contributed by atoms with Crippen molar-refractivity contribution >= 4 is 39.7 Å². The van der Waals surface area contributed by atoms with Crippen LogP contribution in [0.1, 0.15) is 12.8 Å². The lowest BCUT2D eigenvalue weighted by atomic mass is 10.4. The lowest BCUT2D eigenvalue weighted by Gasteiger charge is -2.15. The first-order valence-electron chi connectivity index (χ1n) is 6.18. The molecule has 2 aliphatic rings. The maximum atomic E-state index is 11.6. The van der Waals surface area contributed by atoms with Gasteiger partial charge < -0.3 is 4.84 Å². The lowest BCUT2D eigenvalue weighted by Crippen LogP contribution is -2.38. The molecule has 11 nitrogen and oxygen atoms in total. The number of carbonyl (C=O) groups excluding carboxylic acids is 5. The summed E-state index contributed by atoms with van der Waals surface area (Å²) >= 11 is 0. The van der Waals surface area contributed by atoms with Gasteiger partial charge >= 0.3 is 5.97 Å². The molecule has 1 N–H and O–H groups in total. The Bertz CT molecular complexity index is 721. The molecule has 2 aliphatic heterocycles. The van der Waals surface area contributed by atoms with Gasteiger partial charge in [0.25, 0.3) is 33.7 Å². The molecule has 0 aromatic heterocycles. The molecule has 23 heavy (non-hydrogen) atoms. The number of nitrogens with zero attached hydrogens (tertiary/aromatic N) is 2. The van der Waals surface area contributed by atoms with Crippen LogP contribution in [0.2, 0.25) is 0 Å². The molecule has 0 aliphatic carbocycles. The van der Waals surface area contributed by atoms with E-state index in [-0.39, 0.29) is 11.6 Å². The van der Waals surface area contributed by atoms with Gasteiger partial charge in [-0.05, 0) is 0 Å². The number of amides is 4. The van der Waals surface area contributed by atoms with Gasteiger partial charge in [0.1, 0.15) is 0 Å². The number of hydroxylamine groups is 2. The maximum Gasteiger partial charge on any atom is 0.335 e. The van der Waals surface area contributed by atoms with Crippen molar-refractivity contribution in [3.05, 3.63) is 12.2 Å². The Kier molecular flexibility index (Phi) is 4.29. The number of carbonyl (C=O) groups is 5. The summed E-state index contributed by atoms with van der Waals surface area (Å²) in [7, 11) is -4.80. The Morgan fingerprint density at radius 1 is 1.22 bits per heavy atom. The highest BCUT2D eigenvalue weighted by Gasteiger charge is 2.48. The van der Waals surface area contributed by atoms with Crippen LogP contribution >= 0.6 is 0 Å². The van der Waals surface area contributed by atoms with Crippen molar-refractivity contribution in [1.82, 2.24) is 9.96 Å². The van der Waals surface area contributed by atoms with Crippen LogP contribution < -0.4 is 0 Å². The molecule has 1 atom stereocenters. The van der Waals surface area contributed by atoms with Crippen LogP contribution in [0.4, 0.5) is 0 Å². The van der Waals surface area contributed by atoms with Gasteiger partial charge in [-0.15, -0.1) is 5.06 Å². The van der Waals surface area contributed by atoms with Crippen molar-refractivity contribution in [2.24, 2.45) is 0 Å². The van der Waals surface area contributed by atoms with E-state index in [0.717, 1.165) is 17.1 Å². The highest BCUT2D eigenvalue weighted by molar-refractivity contribution is 7.87. The summed E-state index contributed by atoms with van der Waals surface area (Å²) in [5.41, 5.74) is 0. The summed E-state index contributed by atoms with van der Waals surface area (Å²) in [6.07, 6.45) is 0.667. The summed E-state index contributed by atoms with van der Waals surface area (Å²) in [6, 6.07) is 0. The molecule has 0 spiro atoms. The van der Waals surface area contributed by atoms with E-state index in [4.69, 9.17) is 4.55 Å². The van der Waals surface area contributed by atoms with E-state index in [1.54, 1.807) is 0 Å². The molecular weight excluding hydrogens is 336 g/mol. The fourth-order valence-corrected chi connectivity index (χ4v) is 2.62. The van der Waals surface area contributed by atoms with Gasteiger partial charge in [-0.1, -0.05) is 0 Å². The molecule has 0 aromatic rings. The van der Waals surface area contributed by atoms with Crippen molar-refractivity contribution in [2.45, 2.75) is 18.1 Å². The summed E-state index contributed by atoms with van der Waals surface area (Å²) in [5, 5.41) is -2.07. The molecular formula is C11H10N2O9S. The standard InChI is InChI=1S/C11H10N2O9S/c14-7-1-2-8(15)12(7)4-3-10(17)22-13-9(16)5-6(11(13)18)23(19,20)21/h1-2,6H,3-5H2,(H,19,20,21)/t6-/m0/s1. The van der Waals surface area contributed by atoms with Crippen molar-refractivity contribution < 1.29 is 41.8 Å². The first kappa shape index (κ1) is 16.8. The minimum absolute atomic E-state index is 0.0490. The summed E-state index contributed by atoms with van der Waals surface area (Å²) < 4.78 is 30.6. The molecule has 0 unspecified atom stereocenters. The molecule has 1 saturated heterocycles. The normalized spacial score (nSPS) is 21.5. The van der Waals surface area contributed by atoms with Crippen molar-refractivity contribution in [3.63, 3.8) is 0 Å². The van der Waals surface area contributed by atoms with E-state index < -0.39 is 57.8 Å². The van der Waals surface area contributed by atoms with Crippen molar-refractivity contribution in [3.8, 4) is 0 Å². The predicted octanol–water partition coefficient (Wildman–Crippen LogP) is -2.22. The average Bonchev–Trinajstić information content (AvgIpc) is 2.90. The first-order chi connectivity index (χ1) is 10.6. The van der Waals surface area contributed by atoms with Crippen molar-refractivity contribution in [2.75, 3.05) is 6.54 Å². The second-order valence-electron chi connectivity index (χ2n) is 4.61. The Morgan fingerprint density at radius 3 is 2.26 bits per heavy atom. The monoisotopic (exact) mass is 346 g/mol. The van der Waals surface area contributed by atoms with E-state index in [1.807, 2.05) is 0 Å². The van der Waals surface area contributed by atoms with Gasteiger partial charge in [0, 0.05) is 18.7 Å². The molecule has 0 radical (unpaired) electrons. The van der Waals surface area contributed by atoms with Crippen LogP contribution in [0.5, 0.6) is 0 Å². The molecule has 12 heteroatoms. The first-order valence-corrected chi connectivity index (χ1v) is 7.69. The minimum atomic E-state index is -4.80. The van der Waals surface area contributed by atoms with Crippen LogP contribution in [-0.2, 0) is 38.9 Å². The molecule has 0 aromatic carbocycles. The highest BCUT2D eigenvalue weighted by Crippen LogP contribution is 2.20. The van der Waals surface area contributed by atoms with Crippen LogP contribution in [-0.4, -0.2) is 64.3 Å². The van der Waals surface area contributed by atoms with Crippen LogP contribution in [0.15, 0.2) is 12.2 Å². The second-order valence-corrected chi connectivity index (χ2v) is 6.21. The molecule has 4 amide bonds. The smallest absolute Gasteiger partial charge is 0.330 e. The molecule has 124 valence electrons. The van der Waals surface area contributed by atoms with E-state index in [9.17, 15) is 32.4 Å². The van der Waals surface area contributed by atoms with E-state index in [2.05, 4.69) is 4.84 Å². The Hall–Kier alpha value is -2.60. The van der Waals surface area contributed by atoms with Gasteiger partial charge in [0.2, 0.25) is 0 Å². The minimum Gasteiger partial charge on any atom is -0.330 e. The van der Waals surface area contributed by atoms with Crippen LogP contribution in [0.3, 0.4) is 0 Å². The van der Waals surface area contributed by atoms with Crippen molar-refractivity contribution in [1.29, 1.82) is 0 Å². The summed E-state index contributed by atoms with van der Waals surface area (Å²) in [5.74, 6) is -4.87. The fraction of sp³-hybridized carbons (Fsp3) is 0.364. The van der Waals surface area contributed by atoms with Gasteiger partial charge in [0.05, 0.1) is 12.8 Å². The number of rotatable bonds is 5. The SMILES string of the molecule is O=C(CCN1C(=O)C=CC1=O)ON1C(=O)C[C@H](S(=O)(=O)O)C1=O. The van der Waals surface area contributed by atoms with E-state index in [0.29, 0.717) is 0 Å². The topological polar surface area (TPSA) is 155 Å². The van der Waals surface area contributed by atoms with Gasteiger partial charge in [-0.2, -0.15) is 8.42 Å². The number of hydrogen-bond donors (Lipinski definition) is 1. The second kappa shape index (κ2) is 5.89. The predicted molar refractivity (Wildman–Crippen MR) is 68.4 cm³/mol. The van der Waals surface area contributed by atoms with Gasteiger partial charge in [-0.25, -0.2) is 4.79 Å². The van der Waals surface area contributed by atoms with Gasteiger partial charge in [-0.3, -0.25) is 28.6 Å². The third kappa shape index (κ3) is 3.43. The van der Waals surface area contributed by atoms with Crippen LogP contribution in [0.25, 0.3) is 0 Å². The third-order valence-corrected chi connectivity index (χ3v) is 4.14. The molecule has 2 heterocycles. The number of imide groups is 2. The van der Waals surface area contributed by atoms with E-state index >= 15 is 0 Å². The lowest BCUT2D eigenvalue weighted by molar-refractivity contribution is -0.197. The van der Waals surface area contributed by atoms with E-state index in [1.165, 1.54) is 0 Å². The van der Waals surface area contributed by atoms with Crippen LogP contribution in [0, 0.1) is 0 Å². The fourth-order valence-electron chi connectivity index (χ4n) is 1.91. The molecule has 2 rings (SSSR count). The average molecular weight is 346 g/mol. The largest absolute Gasteiger partial charge is 0.335 e. The zero-order valence-electron chi connectivity index (χ0n) is 11.4. The Balaban J connectivity index is 1.93. The maximum absolute atomic E-state index is 11.6. The zero-order chi connectivity index (χ0) is 17.4. The number of hydrogen-bond acceptors (Lipinski definition) is 8. The highest BCUT2D eigenvalue weighted by atomic mass is 32.2. The molecule has 1 fully saturated rings. The molecule has 0 bridgehead atoms. The Morgan fingerprint density at radius 2 is 1.78 bits per heavy atom. The summed E-state index contributed by atoms with van der Waals surface area (Å²) in [4.78, 5) is 62.3. The third-order valence-electron chi connectivity index (χ3n) is 3.05. The summed E-state index contributed by atoms with van der Waals surface area (Å²) in [6.45, 7) is -0.332. The quantitative estimate of drug-likeness (QED) is 0.430. The zero-order valence-corrected chi connectivity index (χ0v) is 12.2. The Labute approximate surface area is 129 Å². The molecule has 0 saturated carbocycles.